The van der Waals surface area contributed by atoms with Gasteiger partial charge < -0.3 is 0 Å². The molecular weight excluding hydrogens is 178 g/mol. The Morgan fingerprint density at radius 1 is 1.07 bits per heavy atom. The van der Waals surface area contributed by atoms with Gasteiger partial charge in [0, 0.05) is 10.9 Å². The second-order valence-electron chi connectivity index (χ2n) is 3.01. The molecule has 0 spiro atoms. The zero-order chi connectivity index (χ0) is 9.38. The van der Waals surface area contributed by atoms with Crippen LogP contribution in [0.15, 0.2) is 30.7 Å². The quantitative estimate of drug-likeness (QED) is 0.601. The largest absolute Gasteiger partial charge is 0.278 e. The fourth-order valence-corrected chi connectivity index (χ4v) is 1.43. The third kappa shape index (κ3) is 0.990. The zero-order valence-corrected chi connectivity index (χ0v) is 7.23. The topological polar surface area (TPSA) is 70.2 Å². The van der Waals surface area contributed by atoms with Crippen LogP contribution >= 0.6 is 0 Å². The second kappa shape index (κ2) is 2.66. The van der Waals surface area contributed by atoms with Gasteiger partial charge >= 0.3 is 0 Å². The van der Waals surface area contributed by atoms with Crippen LogP contribution in [0.2, 0.25) is 0 Å². The number of fused-ring (bicyclic) bond motifs is 1. The van der Waals surface area contributed by atoms with Crippen molar-refractivity contribution in [1.82, 2.24) is 25.4 Å². The summed E-state index contributed by atoms with van der Waals surface area (Å²) < 4.78 is 0. The first-order valence-corrected chi connectivity index (χ1v) is 4.22. The zero-order valence-electron chi connectivity index (χ0n) is 7.23. The van der Waals surface area contributed by atoms with Crippen molar-refractivity contribution >= 4 is 10.9 Å². The van der Waals surface area contributed by atoms with E-state index < -0.39 is 0 Å². The monoisotopic (exact) mass is 185 g/mol. The Morgan fingerprint density at radius 2 is 2.07 bits per heavy atom. The predicted molar refractivity (Wildman–Crippen MR) is 51.5 cm³/mol. The van der Waals surface area contributed by atoms with Gasteiger partial charge in [-0.2, -0.15) is 10.2 Å². The normalized spacial score (nSPS) is 10.9. The molecule has 3 rings (SSSR count). The summed E-state index contributed by atoms with van der Waals surface area (Å²) >= 11 is 0. The van der Waals surface area contributed by atoms with E-state index in [2.05, 4.69) is 25.4 Å². The lowest BCUT2D eigenvalue weighted by Gasteiger charge is -1.94. The molecule has 0 unspecified atom stereocenters. The minimum absolute atomic E-state index is 0.771. The third-order valence-electron chi connectivity index (χ3n) is 2.13. The first kappa shape index (κ1) is 7.25. The molecule has 68 valence electrons. The molecule has 3 aromatic rings. The molecule has 14 heavy (non-hydrogen) atoms. The van der Waals surface area contributed by atoms with Crippen molar-refractivity contribution < 1.29 is 0 Å². The van der Waals surface area contributed by atoms with Crippen molar-refractivity contribution in [3.63, 3.8) is 0 Å². The average Bonchev–Trinajstić information content (AvgIpc) is 2.88. The minimum atomic E-state index is 0.771. The number of nitrogens with zero attached hydrogens (tertiary/aromatic N) is 3. The van der Waals surface area contributed by atoms with Crippen molar-refractivity contribution in [2.24, 2.45) is 0 Å². The summed E-state index contributed by atoms with van der Waals surface area (Å²) in [7, 11) is 0. The Bertz CT molecular complexity index is 551. The molecule has 2 aromatic heterocycles. The van der Waals surface area contributed by atoms with Crippen molar-refractivity contribution in [1.29, 1.82) is 0 Å². The van der Waals surface area contributed by atoms with Gasteiger partial charge in [0.2, 0.25) is 0 Å². The van der Waals surface area contributed by atoms with E-state index in [1.807, 2.05) is 18.2 Å². The lowest BCUT2D eigenvalue weighted by molar-refractivity contribution is 1.10. The van der Waals surface area contributed by atoms with E-state index >= 15 is 0 Å². The lowest BCUT2D eigenvalue weighted by Crippen LogP contribution is -1.80. The van der Waals surface area contributed by atoms with Crippen molar-refractivity contribution in [3.05, 3.63) is 30.7 Å². The van der Waals surface area contributed by atoms with Crippen LogP contribution in [0.3, 0.4) is 0 Å². The Labute approximate surface area is 79.2 Å². The fourth-order valence-electron chi connectivity index (χ4n) is 1.43. The molecule has 0 aliphatic heterocycles. The molecule has 0 saturated carbocycles. The number of rotatable bonds is 1. The van der Waals surface area contributed by atoms with Crippen LogP contribution in [0.25, 0.3) is 22.3 Å². The number of hydrogen-bond acceptors (Lipinski definition) is 3. The van der Waals surface area contributed by atoms with E-state index in [1.54, 1.807) is 6.20 Å². The molecule has 0 atom stereocenters. The molecule has 0 radical (unpaired) electrons. The molecule has 5 nitrogen and oxygen atoms in total. The van der Waals surface area contributed by atoms with Gasteiger partial charge in [-0.05, 0) is 18.2 Å². The van der Waals surface area contributed by atoms with Crippen LogP contribution in [0, 0.1) is 0 Å². The molecule has 5 heteroatoms. The maximum atomic E-state index is 4.08. The lowest BCUT2D eigenvalue weighted by atomic mass is 10.1. The van der Waals surface area contributed by atoms with E-state index in [9.17, 15) is 0 Å². The molecule has 1 aromatic carbocycles. The van der Waals surface area contributed by atoms with Gasteiger partial charge in [-0.25, -0.2) is 4.98 Å². The highest BCUT2D eigenvalue weighted by Crippen LogP contribution is 2.19. The van der Waals surface area contributed by atoms with Crippen LogP contribution in [-0.2, 0) is 0 Å². The summed E-state index contributed by atoms with van der Waals surface area (Å²) in [6.07, 6.45) is 3.28. The van der Waals surface area contributed by atoms with E-state index in [-0.39, 0.29) is 0 Å². The minimum Gasteiger partial charge on any atom is -0.278 e. The van der Waals surface area contributed by atoms with Crippen molar-refractivity contribution in [2.45, 2.75) is 0 Å². The summed E-state index contributed by atoms with van der Waals surface area (Å²) in [6, 6.07) is 5.96. The van der Waals surface area contributed by atoms with Gasteiger partial charge in [0.1, 0.15) is 6.33 Å². The third-order valence-corrected chi connectivity index (χ3v) is 2.13. The second-order valence-corrected chi connectivity index (χ2v) is 3.01. The van der Waals surface area contributed by atoms with Crippen LogP contribution < -0.4 is 0 Å². The van der Waals surface area contributed by atoms with E-state index in [0.29, 0.717) is 0 Å². The highest BCUT2D eigenvalue weighted by Gasteiger charge is 2.02. The first-order chi connectivity index (χ1) is 6.93. The molecule has 0 saturated heterocycles. The van der Waals surface area contributed by atoms with Crippen LogP contribution in [0.1, 0.15) is 0 Å². The maximum Gasteiger partial charge on any atom is 0.155 e. The Hall–Kier alpha value is -2.17. The highest BCUT2D eigenvalue weighted by atomic mass is 15.2. The van der Waals surface area contributed by atoms with Gasteiger partial charge in [0.15, 0.2) is 5.82 Å². The molecule has 2 N–H and O–H groups in total. The molecule has 0 aliphatic carbocycles. The van der Waals surface area contributed by atoms with Gasteiger partial charge in [-0.15, -0.1) is 0 Å². The number of aromatic nitrogens is 5. The summed E-state index contributed by atoms with van der Waals surface area (Å²) in [6.45, 7) is 0. The van der Waals surface area contributed by atoms with E-state index in [0.717, 1.165) is 22.3 Å². The summed E-state index contributed by atoms with van der Waals surface area (Å²) in [4.78, 5) is 4.08. The molecular formula is C9H7N5. The smallest absolute Gasteiger partial charge is 0.155 e. The Kier molecular flexibility index (Phi) is 1.38. The standard InChI is InChI=1S/C9H7N5/c1-2-8-7(4-11-13-8)3-6(1)9-10-5-12-14-9/h1-5H,(H,11,13)(H,10,12,14). The Balaban J connectivity index is 2.23. The fraction of sp³-hybridized carbons (Fsp3) is 0. The summed E-state index contributed by atoms with van der Waals surface area (Å²) in [5.41, 5.74) is 2.03. The highest BCUT2D eigenvalue weighted by molar-refractivity contribution is 5.82. The van der Waals surface area contributed by atoms with Crippen molar-refractivity contribution in [2.75, 3.05) is 0 Å². The van der Waals surface area contributed by atoms with Crippen LogP contribution in [-0.4, -0.2) is 25.4 Å². The van der Waals surface area contributed by atoms with Crippen LogP contribution in [0.5, 0.6) is 0 Å². The summed E-state index contributed by atoms with van der Waals surface area (Å²) in [5.74, 6) is 0.771. The Morgan fingerprint density at radius 3 is 2.93 bits per heavy atom. The van der Waals surface area contributed by atoms with Crippen LogP contribution in [0.4, 0.5) is 0 Å². The average molecular weight is 185 g/mol. The number of aromatic amines is 2. The van der Waals surface area contributed by atoms with Gasteiger partial charge in [-0.1, -0.05) is 0 Å². The SMILES string of the molecule is c1n[nH]c(-c2ccc3[nH]ncc3c2)n1. The number of hydrogen-bond donors (Lipinski definition) is 2. The van der Waals surface area contributed by atoms with Crippen molar-refractivity contribution in [3.8, 4) is 11.4 Å². The molecule has 0 amide bonds. The first-order valence-electron chi connectivity index (χ1n) is 4.22. The number of benzene rings is 1. The molecule has 0 aliphatic rings. The molecule has 2 heterocycles. The van der Waals surface area contributed by atoms with E-state index in [4.69, 9.17) is 0 Å². The van der Waals surface area contributed by atoms with Gasteiger partial charge in [0.05, 0.1) is 11.7 Å². The maximum absolute atomic E-state index is 4.08. The molecule has 0 fully saturated rings. The summed E-state index contributed by atoms with van der Waals surface area (Å²) in [5, 5.41) is 14.5. The van der Waals surface area contributed by atoms with E-state index in [1.165, 1.54) is 6.33 Å². The molecule has 0 bridgehead atoms. The van der Waals surface area contributed by atoms with Gasteiger partial charge in [-0.3, -0.25) is 10.2 Å². The van der Waals surface area contributed by atoms with Gasteiger partial charge in [0.25, 0.3) is 0 Å². The predicted octanol–water partition coefficient (Wildman–Crippen LogP) is 1.35. The number of H-pyrrole nitrogens is 2. The number of nitrogens with one attached hydrogen (secondary N) is 2.